The third-order valence-electron chi connectivity index (χ3n) is 3.85. The Morgan fingerprint density at radius 2 is 2.30 bits per heavy atom. The lowest BCUT2D eigenvalue weighted by molar-refractivity contribution is -0.0368. The largest absolute Gasteiger partial charge is 0.466 e. The van der Waals surface area contributed by atoms with Crippen molar-refractivity contribution in [3.63, 3.8) is 0 Å². The zero-order valence-electron chi connectivity index (χ0n) is 12.4. The van der Waals surface area contributed by atoms with E-state index < -0.39 is 0 Å². The molecule has 1 aromatic rings. The normalized spacial score (nSPS) is 25.4. The monoisotopic (exact) mass is 280 g/mol. The summed E-state index contributed by atoms with van der Waals surface area (Å²) in [6.07, 6.45) is 5.04. The van der Waals surface area contributed by atoms with Gasteiger partial charge in [0, 0.05) is 0 Å². The molecule has 5 heteroatoms. The number of nitrogens with two attached hydrogens (primary N) is 1. The number of hydrazine groups is 1. The van der Waals surface area contributed by atoms with Crippen LogP contribution in [0.4, 0.5) is 0 Å². The smallest absolute Gasteiger partial charge is 0.268 e. The molecule has 1 fully saturated rings. The van der Waals surface area contributed by atoms with Gasteiger partial charge in [0.2, 0.25) is 0 Å². The number of hydrogen-bond donors (Lipinski definition) is 2. The van der Waals surface area contributed by atoms with Crippen LogP contribution in [0.3, 0.4) is 0 Å². The molecule has 0 aliphatic heterocycles. The lowest BCUT2D eigenvalue weighted by atomic mass is 9.71. The maximum Gasteiger partial charge on any atom is 0.268 e. The van der Waals surface area contributed by atoms with Gasteiger partial charge in [-0.3, -0.25) is 10.2 Å². The van der Waals surface area contributed by atoms with E-state index in [1.54, 1.807) is 6.07 Å². The van der Waals surface area contributed by atoms with Gasteiger partial charge in [-0.25, -0.2) is 5.84 Å². The minimum Gasteiger partial charge on any atom is -0.466 e. The highest BCUT2D eigenvalue weighted by atomic mass is 16.5. The molecule has 1 saturated carbocycles. The van der Waals surface area contributed by atoms with Gasteiger partial charge in [-0.15, -0.1) is 0 Å². The number of furan rings is 1. The standard InChI is InChI=1S/C15H24N2O3/c1-10-4-12(7-15(2,3)6-10)20-9-13-5-11(8-19-13)14(18)17-16/h5,8,10,12H,4,6-7,9,16H2,1-3H3,(H,17,18). The van der Waals surface area contributed by atoms with E-state index in [4.69, 9.17) is 15.0 Å². The summed E-state index contributed by atoms with van der Waals surface area (Å²) in [6, 6.07) is 1.67. The van der Waals surface area contributed by atoms with Gasteiger partial charge < -0.3 is 9.15 Å². The van der Waals surface area contributed by atoms with E-state index in [9.17, 15) is 4.79 Å². The van der Waals surface area contributed by atoms with E-state index in [0.717, 1.165) is 12.8 Å². The van der Waals surface area contributed by atoms with Crippen molar-refractivity contribution >= 4 is 5.91 Å². The Morgan fingerprint density at radius 1 is 1.55 bits per heavy atom. The van der Waals surface area contributed by atoms with Crippen molar-refractivity contribution in [1.82, 2.24) is 5.43 Å². The van der Waals surface area contributed by atoms with Crippen molar-refractivity contribution in [3.05, 3.63) is 23.7 Å². The first-order chi connectivity index (χ1) is 9.39. The molecule has 1 aliphatic rings. The topological polar surface area (TPSA) is 77.5 Å². The number of carbonyl (C=O) groups excluding carboxylic acids is 1. The van der Waals surface area contributed by atoms with Crippen molar-refractivity contribution in [1.29, 1.82) is 0 Å². The molecule has 20 heavy (non-hydrogen) atoms. The molecule has 0 radical (unpaired) electrons. The van der Waals surface area contributed by atoms with Crippen LogP contribution < -0.4 is 11.3 Å². The van der Waals surface area contributed by atoms with Gasteiger partial charge in [-0.05, 0) is 36.7 Å². The molecule has 0 aromatic carbocycles. The molecule has 2 rings (SSSR count). The third kappa shape index (κ3) is 3.84. The van der Waals surface area contributed by atoms with Crippen molar-refractivity contribution in [2.24, 2.45) is 17.2 Å². The summed E-state index contributed by atoms with van der Waals surface area (Å²) >= 11 is 0. The van der Waals surface area contributed by atoms with Gasteiger partial charge in [0.1, 0.15) is 18.6 Å². The molecular weight excluding hydrogens is 256 g/mol. The van der Waals surface area contributed by atoms with Gasteiger partial charge in [0.25, 0.3) is 5.91 Å². The number of ether oxygens (including phenoxy) is 1. The molecule has 1 amide bonds. The van der Waals surface area contributed by atoms with Crippen LogP contribution in [0.25, 0.3) is 0 Å². The van der Waals surface area contributed by atoms with E-state index in [2.05, 4.69) is 26.2 Å². The Labute approximate surface area is 119 Å². The summed E-state index contributed by atoms with van der Waals surface area (Å²) < 4.78 is 11.3. The Bertz CT molecular complexity index is 467. The first kappa shape index (κ1) is 15.1. The van der Waals surface area contributed by atoms with Crippen molar-refractivity contribution in [2.45, 2.75) is 52.7 Å². The average molecular weight is 280 g/mol. The first-order valence-corrected chi connectivity index (χ1v) is 7.09. The van der Waals surface area contributed by atoms with Gasteiger partial charge in [0.15, 0.2) is 0 Å². The van der Waals surface area contributed by atoms with Crippen LogP contribution in [0.5, 0.6) is 0 Å². The van der Waals surface area contributed by atoms with Crippen molar-refractivity contribution < 1.29 is 13.9 Å². The Balaban J connectivity index is 1.88. The number of nitrogen functional groups attached to an aromatic ring is 1. The summed E-state index contributed by atoms with van der Waals surface area (Å²) in [4.78, 5) is 11.3. The highest BCUT2D eigenvalue weighted by Crippen LogP contribution is 2.39. The quantitative estimate of drug-likeness (QED) is 0.505. The molecule has 112 valence electrons. The average Bonchev–Trinajstić information content (AvgIpc) is 2.82. The number of rotatable bonds is 4. The fourth-order valence-electron chi connectivity index (χ4n) is 3.24. The van der Waals surface area contributed by atoms with Crippen LogP contribution >= 0.6 is 0 Å². The fourth-order valence-corrected chi connectivity index (χ4v) is 3.24. The van der Waals surface area contributed by atoms with Crippen molar-refractivity contribution in [2.75, 3.05) is 0 Å². The summed E-state index contributed by atoms with van der Waals surface area (Å²) in [7, 11) is 0. The zero-order valence-corrected chi connectivity index (χ0v) is 12.4. The summed E-state index contributed by atoms with van der Waals surface area (Å²) in [6.45, 7) is 7.24. The molecule has 0 bridgehead atoms. The maximum absolute atomic E-state index is 11.3. The molecule has 1 aliphatic carbocycles. The van der Waals surface area contributed by atoms with Crippen LogP contribution in [0, 0.1) is 11.3 Å². The van der Waals surface area contributed by atoms with E-state index in [1.165, 1.54) is 12.7 Å². The minimum absolute atomic E-state index is 0.255. The molecule has 2 atom stereocenters. The lowest BCUT2D eigenvalue weighted by Crippen LogP contribution is -2.32. The van der Waals surface area contributed by atoms with Crippen LogP contribution in [0.2, 0.25) is 0 Å². The number of amides is 1. The Morgan fingerprint density at radius 3 is 2.95 bits per heavy atom. The molecular formula is C15H24N2O3. The highest BCUT2D eigenvalue weighted by Gasteiger charge is 2.32. The van der Waals surface area contributed by atoms with Crippen molar-refractivity contribution in [3.8, 4) is 0 Å². The lowest BCUT2D eigenvalue weighted by Gasteiger charge is -2.38. The van der Waals surface area contributed by atoms with Crippen LogP contribution in [0.1, 0.15) is 56.2 Å². The summed E-state index contributed by atoms with van der Waals surface area (Å²) in [5.74, 6) is 6.05. The summed E-state index contributed by atoms with van der Waals surface area (Å²) in [5, 5.41) is 0. The molecule has 2 unspecified atom stereocenters. The van der Waals surface area contributed by atoms with Crippen LogP contribution in [-0.2, 0) is 11.3 Å². The molecule has 5 nitrogen and oxygen atoms in total. The molecule has 0 spiro atoms. The number of hydrogen-bond acceptors (Lipinski definition) is 4. The van der Waals surface area contributed by atoms with Gasteiger partial charge in [0.05, 0.1) is 11.7 Å². The summed E-state index contributed by atoms with van der Waals surface area (Å²) in [5.41, 5.74) is 2.83. The number of nitrogens with one attached hydrogen (secondary N) is 1. The highest BCUT2D eigenvalue weighted by molar-refractivity contribution is 5.93. The van der Waals surface area contributed by atoms with Crippen LogP contribution in [-0.4, -0.2) is 12.0 Å². The van der Waals surface area contributed by atoms with Gasteiger partial charge in [-0.1, -0.05) is 20.8 Å². The van der Waals surface area contributed by atoms with Gasteiger partial charge >= 0.3 is 0 Å². The maximum atomic E-state index is 11.3. The Kier molecular flexibility index (Phi) is 4.50. The zero-order chi connectivity index (χ0) is 14.8. The van der Waals surface area contributed by atoms with Crippen LogP contribution in [0.15, 0.2) is 16.7 Å². The number of carbonyl (C=O) groups is 1. The third-order valence-corrected chi connectivity index (χ3v) is 3.85. The second-order valence-electron chi connectivity index (χ2n) is 6.62. The second-order valence-corrected chi connectivity index (χ2v) is 6.62. The first-order valence-electron chi connectivity index (χ1n) is 7.09. The molecule has 1 heterocycles. The Hall–Kier alpha value is -1.33. The predicted molar refractivity (Wildman–Crippen MR) is 75.7 cm³/mol. The van der Waals surface area contributed by atoms with E-state index in [0.29, 0.717) is 29.3 Å². The minimum atomic E-state index is -0.354. The van der Waals surface area contributed by atoms with E-state index in [1.807, 2.05) is 0 Å². The second kappa shape index (κ2) is 5.97. The molecule has 0 saturated heterocycles. The molecule has 1 aromatic heterocycles. The predicted octanol–water partition coefficient (Wildman–Crippen LogP) is 2.61. The van der Waals surface area contributed by atoms with E-state index >= 15 is 0 Å². The fraction of sp³-hybridized carbons (Fsp3) is 0.667. The molecule has 3 N–H and O–H groups in total. The SMILES string of the molecule is CC1CC(OCc2cc(C(=O)NN)co2)CC(C)(C)C1. The van der Waals surface area contributed by atoms with Gasteiger partial charge in [-0.2, -0.15) is 0 Å². The van der Waals surface area contributed by atoms with E-state index in [-0.39, 0.29) is 12.0 Å².